The maximum atomic E-state index is 3.55. The lowest BCUT2D eigenvalue weighted by Crippen LogP contribution is -2.31. The van der Waals surface area contributed by atoms with Crippen molar-refractivity contribution < 1.29 is 0 Å². The van der Waals surface area contributed by atoms with E-state index in [1.165, 1.54) is 54.8 Å². The first-order valence-corrected chi connectivity index (χ1v) is 9.33. The molecule has 3 rings (SSSR count). The molecule has 0 saturated carbocycles. The summed E-state index contributed by atoms with van der Waals surface area (Å²) in [7, 11) is 0. The minimum absolute atomic E-state index is 1.09. The summed E-state index contributed by atoms with van der Waals surface area (Å²) in [5.41, 5.74) is 1.50. The summed E-state index contributed by atoms with van der Waals surface area (Å²) in [5.74, 6) is 0. The predicted octanol–water partition coefficient (Wildman–Crippen LogP) is 3.80. The Bertz CT molecular complexity index is 554. The van der Waals surface area contributed by atoms with Crippen LogP contribution >= 0.6 is 27.3 Å². The van der Waals surface area contributed by atoms with Crippen molar-refractivity contribution in [3.63, 3.8) is 0 Å². The van der Waals surface area contributed by atoms with E-state index in [1.54, 1.807) is 0 Å². The summed E-state index contributed by atoms with van der Waals surface area (Å²) < 4.78 is 1.42. The number of thiophene rings is 1. The Morgan fingerprint density at radius 2 is 1.85 bits per heavy atom. The van der Waals surface area contributed by atoms with Crippen molar-refractivity contribution in [3.05, 3.63) is 35.2 Å². The lowest BCUT2D eigenvalue weighted by Gasteiger charge is -2.21. The van der Waals surface area contributed by atoms with Gasteiger partial charge < -0.3 is 4.90 Å². The van der Waals surface area contributed by atoms with E-state index in [1.807, 2.05) is 11.3 Å². The molecule has 0 amide bonds. The maximum absolute atomic E-state index is 3.55. The molecule has 0 N–H and O–H groups in total. The fraction of sp³-hybridized carbons (Fsp3) is 0.500. The van der Waals surface area contributed by atoms with Crippen LogP contribution in [0.3, 0.4) is 0 Å². The SMILES string of the molecule is BrCCN1CCCN(Cc2csc3ccccc23)CC1. The molecule has 1 aliphatic heterocycles. The smallest absolute Gasteiger partial charge is 0.0346 e. The minimum atomic E-state index is 1.09. The van der Waals surface area contributed by atoms with E-state index in [0.29, 0.717) is 0 Å². The Labute approximate surface area is 133 Å². The monoisotopic (exact) mass is 352 g/mol. The first kappa shape index (κ1) is 14.5. The van der Waals surface area contributed by atoms with E-state index < -0.39 is 0 Å². The highest BCUT2D eigenvalue weighted by molar-refractivity contribution is 9.09. The van der Waals surface area contributed by atoms with Crippen LogP contribution in [0.2, 0.25) is 0 Å². The van der Waals surface area contributed by atoms with Gasteiger partial charge in [-0.1, -0.05) is 34.1 Å². The van der Waals surface area contributed by atoms with Gasteiger partial charge in [-0.05, 0) is 41.9 Å². The standard InChI is InChI=1S/C16H21BrN2S/c17-6-9-18-7-3-8-19(11-10-18)12-14-13-20-16-5-2-1-4-15(14)16/h1-2,4-5,13H,3,6-12H2. The highest BCUT2D eigenvalue weighted by atomic mass is 79.9. The number of nitrogens with zero attached hydrogens (tertiary/aromatic N) is 2. The summed E-state index contributed by atoms with van der Waals surface area (Å²) in [5, 5.41) is 4.87. The zero-order valence-corrected chi connectivity index (χ0v) is 14.1. The van der Waals surface area contributed by atoms with Gasteiger partial charge in [-0.3, -0.25) is 4.90 Å². The van der Waals surface area contributed by atoms with Crippen LogP contribution in [-0.4, -0.2) is 47.9 Å². The third kappa shape index (κ3) is 3.42. The highest BCUT2D eigenvalue weighted by Crippen LogP contribution is 2.26. The molecule has 0 spiro atoms. The molecule has 0 bridgehead atoms. The molecule has 1 saturated heterocycles. The quantitative estimate of drug-likeness (QED) is 0.772. The molecule has 0 radical (unpaired) electrons. The summed E-state index contributed by atoms with van der Waals surface area (Å²) >= 11 is 5.42. The molecule has 1 aromatic carbocycles. The predicted molar refractivity (Wildman–Crippen MR) is 92.0 cm³/mol. The van der Waals surface area contributed by atoms with Crippen LogP contribution in [0.4, 0.5) is 0 Å². The molecule has 0 aliphatic carbocycles. The van der Waals surface area contributed by atoms with Gasteiger partial charge in [0, 0.05) is 36.2 Å². The summed E-state index contributed by atoms with van der Waals surface area (Å²) in [4.78, 5) is 5.18. The molecule has 2 aromatic rings. The molecule has 108 valence electrons. The van der Waals surface area contributed by atoms with E-state index in [4.69, 9.17) is 0 Å². The molecular formula is C16H21BrN2S. The lowest BCUT2D eigenvalue weighted by molar-refractivity contribution is 0.259. The van der Waals surface area contributed by atoms with Crippen LogP contribution in [0.15, 0.2) is 29.6 Å². The van der Waals surface area contributed by atoms with Gasteiger partial charge in [-0.2, -0.15) is 0 Å². The summed E-state index contributed by atoms with van der Waals surface area (Å²) in [6.45, 7) is 7.14. The second-order valence-corrected chi connectivity index (χ2v) is 7.12. The molecule has 4 heteroatoms. The Kier molecular flexibility index (Phi) is 5.10. The molecule has 2 heterocycles. The molecule has 1 aliphatic rings. The van der Waals surface area contributed by atoms with Crippen molar-refractivity contribution in [1.82, 2.24) is 9.80 Å². The van der Waals surface area contributed by atoms with E-state index in [0.717, 1.165) is 11.9 Å². The van der Waals surface area contributed by atoms with Gasteiger partial charge in [-0.25, -0.2) is 0 Å². The van der Waals surface area contributed by atoms with Crippen molar-refractivity contribution in [2.45, 2.75) is 13.0 Å². The van der Waals surface area contributed by atoms with Crippen LogP contribution in [0.1, 0.15) is 12.0 Å². The molecule has 2 nitrogen and oxygen atoms in total. The van der Waals surface area contributed by atoms with Gasteiger partial charge in [0.2, 0.25) is 0 Å². The topological polar surface area (TPSA) is 6.48 Å². The number of hydrogen-bond donors (Lipinski definition) is 0. The summed E-state index contributed by atoms with van der Waals surface area (Å²) in [6.07, 6.45) is 1.29. The van der Waals surface area contributed by atoms with Gasteiger partial charge in [0.05, 0.1) is 0 Å². The highest BCUT2D eigenvalue weighted by Gasteiger charge is 2.15. The molecule has 0 unspecified atom stereocenters. The zero-order chi connectivity index (χ0) is 13.8. The van der Waals surface area contributed by atoms with Crippen LogP contribution < -0.4 is 0 Å². The Morgan fingerprint density at radius 1 is 1.05 bits per heavy atom. The number of fused-ring (bicyclic) bond motifs is 1. The molecule has 20 heavy (non-hydrogen) atoms. The second-order valence-electron chi connectivity index (χ2n) is 5.42. The maximum Gasteiger partial charge on any atom is 0.0346 e. The van der Waals surface area contributed by atoms with Gasteiger partial charge in [0.1, 0.15) is 0 Å². The number of rotatable bonds is 4. The first-order valence-electron chi connectivity index (χ1n) is 7.32. The molecular weight excluding hydrogens is 332 g/mol. The van der Waals surface area contributed by atoms with Gasteiger partial charge in [-0.15, -0.1) is 11.3 Å². The van der Waals surface area contributed by atoms with Crippen LogP contribution in [-0.2, 0) is 6.54 Å². The Hall–Kier alpha value is -0.420. The molecule has 0 atom stereocenters. The fourth-order valence-electron chi connectivity index (χ4n) is 2.92. The normalized spacial score (nSPS) is 18.4. The van der Waals surface area contributed by atoms with Crippen molar-refractivity contribution in [2.24, 2.45) is 0 Å². The molecule has 1 aromatic heterocycles. The van der Waals surface area contributed by atoms with Crippen molar-refractivity contribution in [2.75, 3.05) is 38.1 Å². The number of halogens is 1. The van der Waals surface area contributed by atoms with E-state index in [2.05, 4.69) is 55.4 Å². The van der Waals surface area contributed by atoms with Gasteiger partial charge in [0.25, 0.3) is 0 Å². The number of hydrogen-bond acceptors (Lipinski definition) is 3. The van der Waals surface area contributed by atoms with Crippen LogP contribution in [0, 0.1) is 0 Å². The van der Waals surface area contributed by atoms with Crippen molar-refractivity contribution in [3.8, 4) is 0 Å². The Morgan fingerprint density at radius 3 is 2.75 bits per heavy atom. The van der Waals surface area contributed by atoms with Crippen LogP contribution in [0.5, 0.6) is 0 Å². The Balaban J connectivity index is 1.65. The van der Waals surface area contributed by atoms with Crippen molar-refractivity contribution >= 4 is 37.4 Å². The fourth-order valence-corrected chi connectivity index (χ4v) is 4.38. The van der Waals surface area contributed by atoms with Gasteiger partial charge in [0.15, 0.2) is 0 Å². The molecule has 1 fully saturated rings. The number of alkyl halides is 1. The van der Waals surface area contributed by atoms with Crippen molar-refractivity contribution in [1.29, 1.82) is 0 Å². The first-order chi connectivity index (χ1) is 9.86. The largest absolute Gasteiger partial charge is 0.301 e. The lowest BCUT2D eigenvalue weighted by atomic mass is 10.1. The minimum Gasteiger partial charge on any atom is -0.301 e. The van der Waals surface area contributed by atoms with Crippen LogP contribution in [0.25, 0.3) is 10.1 Å². The zero-order valence-electron chi connectivity index (χ0n) is 11.7. The third-order valence-corrected chi connectivity index (χ3v) is 5.40. The third-order valence-electron chi connectivity index (χ3n) is 4.04. The van der Waals surface area contributed by atoms with E-state index in [-0.39, 0.29) is 0 Å². The van der Waals surface area contributed by atoms with Gasteiger partial charge >= 0.3 is 0 Å². The van der Waals surface area contributed by atoms with E-state index >= 15 is 0 Å². The number of benzene rings is 1. The average Bonchev–Trinajstić information content (AvgIpc) is 2.74. The van der Waals surface area contributed by atoms with E-state index in [9.17, 15) is 0 Å². The average molecular weight is 353 g/mol. The summed E-state index contributed by atoms with van der Waals surface area (Å²) in [6, 6.07) is 8.77. The second kappa shape index (κ2) is 7.03.